The summed E-state index contributed by atoms with van der Waals surface area (Å²) in [5.74, 6) is 0.0257. The largest absolute Gasteiger partial charge is 0.461 e. The third kappa shape index (κ3) is 4.49. The lowest BCUT2D eigenvalue weighted by molar-refractivity contribution is -0.137. The van der Waals surface area contributed by atoms with Gasteiger partial charge in [-0.1, -0.05) is 25.8 Å². The second-order valence-electron chi connectivity index (χ2n) is 6.29. The van der Waals surface area contributed by atoms with E-state index >= 15 is 0 Å². The predicted octanol–water partition coefficient (Wildman–Crippen LogP) is 3.33. The summed E-state index contributed by atoms with van der Waals surface area (Å²) >= 11 is 0. The fourth-order valence-electron chi connectivity index (χ4n) is 3.78. The van der Waals surface area contributed by atoms with E-state index in [1.54, 1.807) is 0 Å². The first kappa shape index (κ1) is 16.8. The highest BCUT2D eigenvalue weighted by atomic mass is 16.6. The molecule has 0 radical (unpaired) electrons. The van der Waals surface area contributed by atoms with Crippen molar-refractivity contribution in [2.45, 2.75) is 63.4 Å². The van der Waals surface area contributed by atoms with Gasteiger partial charge in [-0.05, 0) is 44.4 Å². The zero-order chi connectivity index (χ0) is 15.8. The molecule has 1 amide bonds. The molecule has 0 aromatic heterocycles. The molecule has 0 unspecified atom stereocenters. The van der Waals surface area contributed by atoms with Crippen molar-refractivity contribution in [2.75, 3.05) is 13.2 Å². The lowest BCUT2D eigenvalue weighted by atomic mass is 9.76. The number of alkyl carbamates (subject to hydrolysis) is 1. The van der Waals surface area contributed by atoms with Gasteiger partial charge in [-0.15, -0.1) is 0 Å². The molecule has 0 saturated heterocycles. The maximum Gasteiger partial charge on any atom is 0.407 e. The van der Waals surface area contributed by atoms with Crippen LogP contribution in [0, 0.1) is 5.92 Å². The molecule has 2 saturated carbocycles. The zero-order valence-electron chi connectivity index (χ0n) is 13.3. The van der Waals surface area contributed by atoms with Gasteiger partial charge in [0.2, 0.25) is 0 Å². The average molecular weight is 309 g/mol. The van der Waals surface area contributed by atoms with Gasteiger partial charge in [0.15, 0.2) is 0 Å². The minimum atomic E-state index is -0.482. The maximum atomic E-state index is 12.1. The van der Waals surface area contributed by atoms with Crippen molar-refractivity contribution >= 4 is 12.1 Å². The molecule has 1 N–H and O–H groups in total. The highest BCUT2D eigenvalue weighted by molar-refractivity contribution is 5.81. The molecule has 0 bridgehead atoms. The summed E-state index contributed by atoms with van der Waals surface area (Å²) in [4.78, 5) is 23.0. The van der Waals surface area contributed by atoms with E-state index in [2.05, 4.69) is 11.9 Å². The van der Waals surface area contributed by atoms with E-state index in [0.29, 0.717) is 5.92 Å². The Balaban J connectivity index is 1.79. The molecule has 0 spiro atoms. The van der Waals surface area contributed by atoms with Gasteiger partial charge in [-0.3, -0.25) is 0 Å². The number of carbonyl (C=O) groups excluding carboxylic acids is 2. The monoisotopic (exact) mass is 309 g/mol. The van der Waals surface area contributed by atoms with Crippen molar-refractivity contribution in [3.05, 3.63) is 12.7 Å². The molecule has 0 aromatic rings. The Morgan fingerprint density at radius 3 is 2.45 bits per heavy atom. The van der Waals surface area contributed by atoms with Crippen LogP contribution in [0.5, 0.6) is 0 Å². The first-order valence-corrected chi connectivity index (χ1v) is 8.42. The number of esters is 1. The van der Waals surface area contributed by atoms with Crippen LogP contribution in [0.25, 0.3) is 0 Å². The van der Waals surface area contributed by atoms with Crippen LogP contribution >= 0.6 is 0 Å². The van der Waals surface area contributed by atoms with Crippen molar-refractivity contribution in [3.8, 4) is 0 Å². The summed E-state index contributed by atoms with van der Waals surface area (Å²) in [5, 5.41) is 2.68. The summed E-state index contributed by atoms with van der Waals surface area (Å²) in [7, 11) is 0. The van der Waals surface area contributed by atoms with E-state index in [-0.39, 0.29) is 24.8 Å². The summed E-state index contributed by atoms with van der Waals surface area (Å²) in [5.41, 5.74) is -0.262. The van der Waals surface area contributed by atoms with Crippen LogP contribution in [0.3, 0.4) is 0 Å². The lowest BCUT2D eigenvalue weighted by Gasteiger charge is -2.39. The molecule has 2 rings (SSSR count). The van der Waals surface area contributed by atoms with Gasteiger partial charge in [0.05, 0.1) is 6.54 Å². The van der Waals surface area contributed by atoms with Gasteiger partial charge >= 0.3 is 12.1 Å². The Bertz CT molecular complexity index is 395. The van der Waals surface area contributed by atoms with Crippen LogP contribution in [0.2, 0.25) is 0 Å². The van der Waals surface area contributed by atoms with Crippen LogP contribution in [-0.4, -0.2) is 30.8 Å². The highest BCUT2D eigenvalue weighted by Gasteiger charge is 2.44. The first-order valence-electron chi connectivity index (χ1n) is 8.42. The van der Waals surface area contributed by atoms with Crippen molar-refractivity contribution in [1.82, 2.24) is 5.32 Å². The fourth-order valence-corrected chi connectivity index (χ4v) is 3.78. The van der Waals surface area contributed by atoms with Crippen molar-refractivity contribution in [2.24, 2.45) is 5.92 Å². The molecule has 124 valence electrons. The molecule has 0 aromatic carbocycles. The standard InChI is InChI=1S/C17H27NO4/c1-2-15(19)21-13-12-18-16(20)22-17(10-6-7-11-17)14-8-4-3-5-9-14/h2,14H,1,3-13H2,(H,18,20). The van der Waals surface area contributed by atoms with Gasteiger partial charge in [0, 0.05) is 6.08 Å². The Morgan fingerprint density at radius 2 is 1.82 bits per heavy atom. The SMILES string of the molecule is C=CC(=O)OCCNC(=O)OC1(C2CCCCC2)CCCC1. The number of hydrogen-bond donors (Lipinski definition) is 1. The van der Waals surface area contributed by atoms with Crippen molar-refractivity contribution in [3.63, 3.8) is 0 Å². The number of nitrogens with one attached hydrogen (secondary N) is 1. The number of ether oxygens (including phenoxy) is 2. The summed E-state index contributed by atoms with van der Waals surface area (Å²) in [6, 6.07) is 0. The molecule has 2 aliphatic carbocycles. The minimum absolute atomic E-state index is 0.135. The van der Waals surface area contributed by atoms with E-state index in [9.17, 15) is 9.59 Å². The Morgan fingerprint density at radius 1 is 1.14 bits per heavy atom. The normalized spacial score (nSPS) is 21.1. The molecule has 5 heteroatoms. The van der Waals surface area contributed by atoms with Crippen molar-refractivity contribution in [1.29, 1.82) is 0 Å². The number of carbonyl (C=O) groups is 2. The smallest absolute Gasteiger partial charge is 0.407 e. The lowest BCUT2D eigenvalue weighted by Crippen LogP contribution is -2.44. The molecule has 2 aliphatic rings. The molecule has 0 heterocycles. The summed E-state index contributed by atoms with van der Waals surface area (Å²) in [6.45, 7) is 3.72. The molecule has 0 atom stereocenters. The first-order chi connectivity index (χ1) is 10.7. The average Bonchev–Trinajstić information content (AvgIpc) is 3.02. The van der Waals surface area contributed by atoms with Crippen LogP contribution in [0.4, 0.5) is 4.79 Å². The molecule has 2 fully saturated rings. The number of rotatable bonds is 6. The predicted molar refractivity (Wildman–Crippen MR) is 83.4 cm³/mol. The van der Waals surface area contributed by atoms with Crippen LogP contribution in [0.15, 0.2) is 12.7 Å². The van der Waals surface area contributed by atoms with Gasteiger partial charge in [0.25, 0.3) is 0 Å². The van der Waals surface area contributed by atoms with E-state index in [1.165, 1.54) is 32.1 Å². The Kier molecular flexibility index (Phi) is 6.28. The maximum absolute atomic E-state index is 12.1. The van der Waals surface area contributed by atoms with Crippen LogP contribution < -0.4 is 5.32 Å². The highest BCUT2D eigenvalue weighted by Crippen LogP contribution is 2.45. The molecule has 0 aliphatic heterocycles. The fraction of sp³-hybridized carbons (Fsp3) is 0.765. The van der Waals surface area contributed by atoms with Gasteiger partial charge < -0.3 is 14.8 Å². The molecular weight excluding hydrogens is 282 g/mol. The molecule has 22 heavy (non-hydrogen) atoms. The number of amides is 1. The van der Waals surface area contributed by atoms with Crippen molar-refractivity contribution < 1.29 is 19.1 Å². The topological polar surface area (TPSA) is 64.6 Å². The number of hydrogen-bond acceptors (Lipinski definition) is 4. The zero-order valence-corrected chi connectivity index (χ0v) is 13.3. The molecular formula is C17H27NO4. The van der Waals surface area contributed by atoms with Gasteiger partial charge in [-0.25, -0.2) is 9.59 Å². The van der Waals surface area contributed by atoms with Crippen LogP contribution in [0.1, 0.15) is 57.8 Å². The van der Waals surface area contributed by atoms with Gasteiger partial charge in [-0.2, -0.15) is 0 Å². The van der Waals surface area contributed by atoms with Gasteiger partial charge in [0.1, 0.15) is 12.2 Å². The van der Waals surface area contributed by atoms with E-state index < -0.39 is 5.97 Å². The molecule has 5 nitrogen and oxygen atoms in total. The van der Waals surface area contributed by atoms with E-state index in [4.69, 9.17) is 9.47 Å². The summed E-state index contributed by atoms with van der Waals surface area (Å²) in [6.07, 6.45) is 11.1. The second kappa shape index (κ2) is 8.20. The third-order valence-electron chi connectivity index (χ3n) is 4.88. The van der Waals surface area contributed by atoms with E-state index in [1.807, 2.05) is 0 Å². The second-order valence-corrected chi connectivity index (χ2v) is 6.29. The Labute approximate surface area is 132 Å². The summed E-state index contributed by atoms with van der Waals surface area (Å²) < 4.78 is 10.7. The van der Waals surface area contributed by atoms with E-state index in [0.717, 1.165) is 31.8 Å². The quantitative estimate of drug-likeness (QED) is 0.464. The van der Waals surface area contributed by atoms with Crippen LogP contribution in [-0.2, 0) is 14.3 Å². The minimum Gasteiger partial charge on any atom is -0.461 e. The third-order valence-corrected chi connectivity index (χ3v) is 4.88. The Hall–Kier alpha value is -1.52.